The van der Waals surface area contributed by atoms with Gasteiger partial charge in [-0.25, -0.2) is 4.98 Å². The predicted molar refractivity (Wildman–Crippen MR) is 87.8 cm³/mol. The summed E-state index contributed by atoms with van der Waals surface area (Å²) in [6.07, 6.45) is 5.72. The maximum Gasteiger partial charge on any atom is 0.274 e. The van der Waals surface area contributed by atoms with Gasteiger partial charge in [-0.2, -0.15) is 0 Å². The highest BCUT2D eigenvalue weighted by Gasteiger charge is 2.34. The van der Waals surface area contributed by atoms with Crippen molar-refractivity contribution in [3.63, 3.8) is 0 Å². The van der Waals surface area contributed by atoms with Crippen molar-refractivity contribution in [2.24, 2.45) is 7.05 Å². The van der Waals surface area contributed by atoms with Crippen LogP contribution in [0.4, 0.5) is 0 Å². The van der Waals surface area contributed by atoms with E-state index in [1.165, 1.54) is 0 Å². The van der Waals surface area contributed by atoms with Crippen LogP contribution < -0.4 is 0 Å². The molecule has 5 nitrogen and oxygen atoms in total. The van der Waals surface area contributed by atoms with Gasteiger partial charge in [-0.3, -0.25) is 9.78 Å². The number of benzene rings is 1. The molecular weight excluding hydrogens is 288 g/mol. The Morgan fingerprint density at radius 2 is 2.00 bits per heavy atom. The SMILES string of the molecule is Cn1cccc1CN(C(=O)c1cnc2ccccc2n1)C1CC1. The van der Waals surface area contributed by atoms with Gasteiger partial charge in [0.1, 0.15) is 5.69 Å². The molecule has 0 N–H and O–H groups in total. The van der Waals surface area contributed by atoms with Crippen molar-refractivity contribution in [3.05, 3.63) is 60.2 Å². The van der Waals surface area contributed by atoms with Crippen LogP contribution in [0.5, 0.6) is 0 Å². The Kier molecular flexibility index (Phi) is 3.33. The van der Waals surface area contributed by atoms with E-state index in [1.54, 1.807) is 6.20 Å². The molecule has 0 saturated heterocycles. The Labute approximate surface area is 134 Å². The molecular formula is C18H18N4O. The van der Waals surface area contributed by atoms with Gasteiger partial charge in [-0.1, -0.05) is 12.1 Å². The Balaban J connectivity index is 1.65. The lowest BCUT2D eigenvalue weighted by molar-refractivity contribution is 0.0720. The van der Waals surface area contributed by atoms with Crippen LogP contribution in [0.15, 0.2) is 48.8 Å². The summed E-state index contributed by atoms with van der Waals surface area (Å²) in [7, 11) is 2.00. The van der Waals surface area contributed by atoms with E-state index in [1.807, 2.05) is 48.5 Å². The van der Waals surface area contributed by atoms with Crippen molar-refractivity contribution in [2.45, 2.75) is 25.4 Å². The number of hydrogen-bond donors (Lipinski definition) is 0. The zero-order valence-corrected chi connectivity index (χ0v) is 13.0. The van der Waals surface area contributed by atoms with Gasteiger partial charge >= 0.3 is 0 Å². The van der Waals surface area contributed by atoms with Crippen molar-refractivity contribution >= 4 is 16.9 Å². The number of aryl methyl sites for hydroxylation is 1. The zero-order valence-electron chi connectivity index (χ0n) is 13.0. The molecule has 1 aliphatic carbocycles. The Bertz CT molecular complexity index is 866. The van der Waals surface area contributed by atoms with Crippen LogP contribution in [-0.2, 0) is 13.6 Å². The smallest absolute Gasteiger partial charge is 0.274 e. The lowest BCUT2D eigenvalue weighted by Crippen LogP contribution is -2.33. The van der Waals surface area contributed by atoms with E-state index in [4.69, 9.17) is 0 Å². The Morgan fingerprint density at radius 3 is 2.70 bits per heavy atom. The second kappa shape index (κ2) is 5.50. The molecule has 0 bridgehead atoms. The molecule has 0 spiro atoms. The molecule has 0 radical (unpaired) electrons. The molecule has 0 atom stereocenters. The zero-order chi connectivity index (χ0) is 15.8. The molecule has 1 amide bonds. The van der Waals surface area contributed by atoms with Gasteiger partial charge in [0.15, 0.2) is 0 Å². The van der Waals surface area contributed by atoms with E-state index in [9.17, 15) is 4.79 Å². The number of carbonyl (C=O) groups excluding carboxylic acids is 1. The van der Waals surface area contributed by atoms with Gasteiger partial charge in [0.2, 0.25) is 0 Å². The number of nitrogens with zero attached hydrogens (tertiary/aromatic N) is 4. The van der Waals surface area contributed by atoms with Crippen LogP contribution in [-0.4, -0.2) is 31.4 Å². The predicted octanol–water partition coefficient (Wildman–Crippen LogP) is 2.77. The third-order valence-corrected chi connectivity index (χ3v) is 4.30. The molecule has 2 aromatic heterocycles. The number of aromatic nitrogens is 3. The maximum absolute atomic E-state index is 12.9. The molecule has 23 heavy (non-hydrogen) atoms. The summed E-state index contributed by atoms with van der Waals surface area (Å²) in [6.45, 7) is 0.613. The molecule has 1 fully saturated rings. The second-order valence-electron chi connectivity index (χ2n) is 6.02. The fraction of sp³-hybridized carbons (Fsp3) is 0.278. The molecule has 5 heteroatoms. The summed E-state index contributed by atoms with van der Waals surface area (Å²) in [4.78, 5) is 23.7. The quantitative estimate of drug-likeness (QED) is 0.745. The van der Waals surface area contributed by atoms with Gasteiger partial charge in [0, 0.05) is 25.0 Å². The average molecular weight is 306 g/mol. The first-order chi connectivity index (χ1) is 11.2. The Morgan fingerprint density at radius 1 is 1.22 bits per heavy atom. The minimum Gasteiger partial charge on any atom is -0.353 e. The first-order valence-corrected chi connectivity index (χ1v) is 7.85. The normalized spacial score (nSPS) is 14.1. The van der Waals surface area contributed by atoms with Crippen molar-refractivity contribution in [1.82, 2.24) is 19.4 Å². The van der Waals surface area contributed by atoms with E-state index >= 15 is 0 Å². The summed E-state index contributed by atoms with van der Waals surface area (Å²) < 4.78 is 2.05. The van der Waals surface area contributed by atoms with Crippen LogP contribution in [0.2, 0.25) is 0 Å². The van der Waals surface area contributed by atoms with Gasteiger partial charge in [-0.05, 0) is 37.1 Å². The van der Waals surface area contributed by atoms with Crippen molar-refractivity contribution in [2.75, 3.05) is 0 Å². The van der Waals surface area contributed by atoms with E-state index in [-0.39, 0.29) is 5.91 Å². The lowest BCUT2D eigenvalue weighted by Gasteiger charge is -2.22. The van der Waals surface area contributed by atoms with Crippen LogP contribution in [0.25, 0.3) is 11.0 Å². The number of hydrogen-bond acceptors (Lipinski definition) is 3. The third-order valence-electron chi connectivity index (χ3n) is 4.30. The van der Waals surface area contributed by atoms with Crippen LogP contribution in [0.1, 0.15) is 29.0 Å². The van der Waals surface area contributed by atoms with Crippen LogP contribution in [0.3, 0.4) is 0 Å². The fourth-order valence-corrected chi connectivity index (χ4v) is 2.80. The van der Waals surface area contributed by atoms with Gasteiger partial charge in [0.05, 0.1) is 23.8 Å². The van der Waals surface area contributed by atoms with Crippen LogP contribution in [0, 0.1) is 0 Å². The Hall–Kier alpha value is -2.69. The highest BCUT2D eigenvalue weighted by atomic mass is 16.2. The maximum atomic E-state index is 12.9. The van der Waals surface area contributed by atoms with Crippen molar-refractivity contribution in [3.8, 4) is 0 Å². The summed E-state index contributed by atoms with van der Waals surface area (Å²) in [5.74, 6) is -0.0352. The number of fused-ring (bicyclic) bond motifs is 1. The minimum atomic E-state index is -0.0352. The van der Waals surface area contributed by atoms with Crippen molar-refractivity contribution < 1.29 is 4.79 Å². The fourth-order valence-electron chi connectivity index (χ4n) is 2.80. The van der Waals surface area contributed by atoms with Crippen LogP contribution >= 0.6 is 0 Å². The molecule has 1 saturated carbocycles. The molecule has 4 rings (SSSR count). The average Bonchev–Trinajstić information content (AvgIpc) is 3.34. The summed E-state index contributed by atoms with van der Waals surface area (Å²) in [5.41, 5.74) is 3.11. The first-order valence-electron chi connectivity index (χ1n) is 7.85. The number of para-hydroxylation sites is 2. The summed E-state index contributed by atoms with van der Waals surface area (Å²) >= 11 is 0. The van der Waals surface area contributed by atoms with E-state index in [2.05, 4.69) is 20.6 Å². The van der Waals surface area contributed by atoms with Gasteiger partial charge in [-0.15, -0.1) is 0 Å². The number of rotatable bonds is 4. The second-order valence-corrected chi connectivity index (χ2v) is 6.02. The molecule has 0 aliphatic heterocycles. The summed E-state index contributed by atoms with van der Waals surface area (Å²) in [6, 6.07) is 12.0. The number of amides is 1. The topological polar surface area (TPSA) is 51.0 Å². The molecule has 116 valence electrons. The van der Waals surface area contributed by atoms with Gasteiger partial charge < -0.3 is 9.47 Å². The molecule has 1 aromatic carbocycles. The van der Waals surface area contributed by atoms with E-state index in [0.717, 1.165) is 29.6 Å². The number of carbonyl (C=O) groups is 1. The molecule has 1 aliphatic rings. The minimum absolute atomic E-state index is 0.0352. The van der Waals surface area contributed by atoms with Gasteiger partial charge in [0.25, 0.3) is 5.91 Å². The third kappa shape index (κ3) is 2.70. The first kappa shape index (κ1) is 13.9. The summed E-state index contributed by atoms with van der Waals surface area (Å²) in [5, 5.41) is 0. The molecule has 3 aromatic rings. The molecule has 2 heterocycles. The largest absolute Gasteiger partial charge is 0.353 e. The van der Waals surface area contributed by atoms with E-state index < -0.39 is 0 Å². The lowest BCUT2D eigenvalue weighted by atomic mass is 10.2. The molecule has 0 unspecified atom stereocenters. The standard InChI is InChI=1S/C18H18N4O/c1-21-10-4-5-14(21)12-22(13-8-9-13)18(23)17-11-19-15-6-2-3-7-16(15)20-17/h2-7,10-11,13H,8-9,12H2,1H3. The van der Waals surface area contributed by atoms with Crippen molar-refractivity contribution in [1.29, 1.82) is 0 Å². The highest BCUT2D eigenvalue weighted by molar-refractivity contribution is 5.94. The monoisotopic (exact) mass is 306 g/mol. The van der Waals surface area contributed by atoms with E-state index in [0.29, 0.717) is 18.3 Å². The highest BCUT2D eigenvalue weighted by Crippen LogP contribution is 2.29.